The lowest BCUT2D eigenvalue weighted by molar-refractivity contribution is -0.127. The van der Waals surface area contributed by atoms with E-state index in [1.165, 1.54) is 25.7 Å². The maximum Gasteiger partial charge on any atom is 0.251 e. The Balaban J connectivity index is 2.54. The second kappa shape index (κ2) is 5.32. The molecule has 14 heavy (non-hydrogen) atoms. The van der Waals surface area contributed by atoms with Crippen molar-refractivity contribution in [2.45, 2.75) is 51.1 Å². The maximum absolute atomic E-state index is 11.5. The number of nitrogens with one attached hydrogen (secondary N) is 1. The SMILES string of the molecule is CCC(C(=O)NN)N(C)C1CCCC1. The van der Waals surface area contributed by atoms with Crippen LogP contribution < -0.4 is 11.3 Å². The van der Waals surface area contributed by atoms with Gasteiger partial charge >= 0.3 is 0 Å². The summed E-state index contributed by atoms with van der Waals surface area (Å²) in [4.78, 5) is 13.6. The molecular formula is C10H21N3O. The number of hydrazine groups is 1. The molecule has 4 heteroatoms. The summed E-state index contributed by atoms with van der Waals surface area (Å²) in [5.74, 6) is 5.09. The van der Waals surface area contributed by atoms with Crippen molar-refractivity contribution < 1.29 is 4.79 Å². The first-order valence-electron chi connectivity index (χ1n) is 5.43. The summed E-state index contributed by atoms with van der Waals surface area (Å²) >= 11 is 0. The number of rotatable bonds is 4. The molecule has 0 radical (unpaired) electrons. The predicted molar refractivity (Wildman–Crippen MR) is 56.4 cm³/mol. The minimum Gasteiger partial charge on any atom is -0.293 e. The molecule has 1 aliphatic carbocycles. The first-order valence-corrected chi connectivity index (χ1v) is 5.43. The van der Waals surface area contributed by atoms with Gasteiger partial charge in [0.2, 0.25) is 0 Å². The van der Waals surface area contributed by atoms with Gasteiger partial charge in [-0.2, -0.15) is 0 Å². The first-order chi connectivity index (χ1) is 6.70. The Labute approximate surface area is 85.8 Å². The van der Waals surface area contributed by atoms with Crippen molar-refractivity contribution in [1.29, 1.82) is 0 Å². The molecule has 0 spiro atoms. The van der Waals surface area contributed by atoms with Crippen molar-refractivity contribution in [2.24, 2.45) is 5.84 Å². The molecule has 1 saturated carbocycles. The quantitative estimate of drug-likeness (QED) is 0.396. The molecule has 0 saturated heterocycles. The molecular weight excluding hydrogens is 178 g/mol. The Morgan fingerprint density at radius 1 is 1.57 bits per heavy atom. The van der Waals surface area contributed by atoms with Gasteiger partial charge in [-0.3, -0.25) is 15.1 Å². The van der Waals surface area contributed by atoms with E-state index in [0.29, 0.717) is 6.04 Å². The van der Waals surface area contributed by atoms with Crippen LogP contribution in [-0.4, -0.2) is 29.9 Å². The first kappa shape index (κ1) is 11.5. The molecule has 1 aliphatic rings. The van der Waals surface area contributed by atoms with Crippen molar-refractivity contribution in [3.8, 4) is 0 Å². The fourth-order valence-electron chi connectivity index (χ4n) is 2.32. The lowest BCUT2D eigenvalue weighted by Gasteiger charge is -2.30. The van der Waals surface area contributed by atoms with Crippen molar-refractivity contribution in [3.63, 3.8) is 0 Å². The smallest absolute Gasteiger partial charge is 0.251 e. The van der Waals surface area contributed by atoms with Crippen LogP contribution in [0.1, 0.15) is 39.0 Å². The second-order valence-electron chi connectivity index (χ2n) is 4.04. The Hall–Kier alpha value is -0.610. The van der Waals surface area contributed by atoms with Crippen LogP contribution in [0, 0.1) is 0 Å². The highest BCUT2D eigenvalue weighted by Crippen LogP contribution is 2.24. The average molecular weight is 199 g/mol. The summed E-state index contributed by atoms with van der Waals surface area (Å²) in [6, 6.07) is 0.500. The summed E-state index contributed by atoms with van der Waals surface area (Å²) in [5, 5.41) is 0. The third kappa shape index (κ3) is 2.45. The molecule has 0 aliphatic heterocycles. The topological polar surface area (TPSA) is 58.4 Å². The molecule has 3 N–H and O–H groups in total. The van der Waals surface area contributed by atoms with E-state index in [0.717, 1.165) is 6.42 Å². The number of likely N-dealkylation sites (N-methyl/N-ethyl adjacent to an activating group) is 1. The minimum absolute atomic E-state index is 0.0666. The Kier molecular flexibility index (Phi) is 4.35. The van der Waals surface area contributed by atoms with E-state index in [2.05, 4.69) is 10.3 Å². The summed E-state index contributed by atoms with van der Waals surface area (Å²) in [6.07, 6.45) is 5.82. The summed E-state index contributed by atoms with van der Waals surface area (Å²) in [5.41, 5.74) is 2.24. The molecule has 82 valence electrons. The Morgan fingerprint density at radius 3 is 2.57 bits per heavy atom. The third-order valence-corrected chi connectivity index (χ3v) is 3.22. The van der Waals surface area contributed by atoms with Crippen molar-refractivity contribution in [1.82, 2.24) is 10.3 Å². The molecule has 4 nitrogen and oxygen atoms in total. The monoisotopic (exact) mass is 199 g/mol. The van der Waals surface area contributed by atoms with E-state index >= 15 is 0 Å². The highest BCUT2D eigenvalue weighted by atomic mass is 16.2. The molecule has 0 aromatic carbocycles. The molecule has 1 fully saturated rings. The van der Waals surface area contributed by atoms with E-state index < -0.39 is 0 Å². The van der Waals surface area contributed by atoms with E-state index in [1.54, 1.807) is 0 Å². The van der Waals surface area contributed by atoms with Crippen LogP contribution in [0.15, 0.2) is 0 Å². The lowest BCUT2D eigenvalue weighted by Crippen LogP contribution is -2.50. The molecule has 1 amide bonds. The van der Waals surface area contributed by atoms with Crippen LogP contribution in [0.3, 0.4) is 0 Å². The zero-order valence-electron chi connectivity index (χ0n) is 9.12. The number of hydrogen-bond donors (Lipinski definition) is 2. The van der Waals surface area contributed by atoms with Gasteiger partial charge in [0.15, 0.2) is 0 Å². The van der Waals surface area contributed by atoms with Gasteiger partial charge in [0, 0.05) is 6.04 Å². The van der Waals surface area contributed by atoms with Crippen molar-refractivity contribution in [3.05, 3.63) is 0 Å². The number of nitrogens with zero attached hydrogens (tertiary/aromatic N) is 1. The molecule has 0 aromatic rings. The van der Waals surface area contributed by atoms with E-state index in [9.17, 15) is 4.79 Å². The molecule has 0 aromatic heterocycles. The highest BCUT2D eigenvalue weighted by molar-refractivity contribution is 5.81. The van der Waals surface area contributed by atoms with E-state index in [-0.39, 0.29) is 11.9 Å². The number of amides is 1. The Bertz CT molecular complexity index is 190. The number of nitrogens with two attached hydrogens (primary N) is 1. The van der Waals surface area contributed by atoms with Gasteiger partial charge in [0.25, 0.3) is 5.91 Å². The summed E-state index contributed by atoms with van der Waals surface area (Å²) in [6.45, 7) is 2.02. The highest BCUT2D eigenvalue weighted by Gasteiger charge is 2.28. The van der Waals surface area contributed by atoms with E-state index in [4.69, 9.17) is 5.84 Å². The number of hydrogen-bond acceptors (Lipinski definition) is 3. The second-order valence-corrected chi connectivity index (χ2v) is 4.04. The third-order valence-electron chi connectivity index (χ3n) is 3.22. The van der Waals surface area contributed by atoms with Gasteiger partial charge < -0.3 is 0 Å². The van der Waals surface area contributed by atoms with Gasteiger partial charge in [-0.15, -0.1) is 0 Å². The van der Waals surface area contributed by atoms with Gasteiger partial charge in [-0.05, 0) is 26.3 Å². The van der Waals surface area contributed by atoms with Crippen molar-refractivity contribution in [2.75, 3.05) is 7.05 Å². The lowest BCUT2D eigenvalue weighted by atomic mass is 10.1. The van der Waals surface area contributed by atoms with Gasteiger partial charge in [0.1, 0.15) is 0 Å². The predicted octanol–water partition coefficient (Wildman–Crippen LogP) is 0.629. The van der Waals surface area contributed by atoms with E-state index in [1.807, 2.05) is 14.0 Å². The van der Waals surface area contributed by atoms with Gasteiger partial charge in [-0.25, -0.2) is 5.84 Å². The number of carbonyl (C=O) groups excluding carboxylic acids is 1. The maximum atomic E-state index is 11.5. The van der Waals surface area contributed by atoms with Gasteiger partial charge in [-0.1, -0.05) is 19.8 Å². The number of carbonyl (C=O) groups is 1. The van der Waals surface area contributed by atoms with Gasteiger partial charge in [0.05, 0.1) is 6.04 Å². The largest absolute Gasteiger partial charge is 0.293 e. The van der Waals surface area contributed by atoms with Crippen LogP contribution in [0.2, 0.25) is 0 Å². The molecule has 0 bridgehead atoms. The van der Waals surface area contributed by atoms with Crippen LogP contribution in [0.25, 0.3) is 0 Å². The summed E-state index contributed by atoms with van der Waals surface area (Å²) in [7, 11) is 2.03. The average Bonchev–Trinajstić information content (AvgIpc) is 2.71. The van der Waals surface area contributed by atoms with Crippen LogP contribution in [-0.2, 0) is 4.79 Å². The normalized spacial score (nSPS) is 20.0. The van der Waals surface area contributed by atoms with Crippen LogP contribution in [0.4, 0.5) is 0 Å². The zero-order chi connectivity index (χ0) is 10.6. The standard InChI is InChI=1S/C10H21N3O/c1-3-9(10(14)12-11)13(2)8-6-4-5-7-8/h8-9H,3-7,11H2,1-2H3,(H,12,14). The molecule has 1 unspecified atom stereocenters. The fraction of sp³-hybridized carbons (Fsp3) is 0.900. The van der Waals surface area contributed by atoms with Crippen LogP contribution in [0.5, 0.6) is 0 Å². The molecule has 1 atom stereocenters. The minimum atomic E-state index is -0.0677. The Morgan fingerprint density at radius 2 is 2.14 bits per heavy atom. The van der Waals surface area contributed by atoms with Crippen molar-refractivity contribution >= 4 is 5.91 Å². The molecule has 1 rings (SSSR count). The summed E-state index contributed by atoms with van der Waals surface area (Å²) < 4.78 is 0. The zero-order valence-corrected chi connectivity index (χ0v) is 9.12. The fourth-order valence-corrected chi connectivity index (χ4v) is 2.32. The molecule has 0 heterocycles. The van der Waals surface area contributed by atoms with Crippen LogP contribution >= 0.6 is 0 Å².